The molecule has 1 unspecified atom stereocenters. The summed E-state index contributed by atoms with van der Waals surface area (Å²) in [5.41, 5.74) is 0. The topological polar surface area (TPSA) is 113 Å². The summed E-state index contributed by atoms with van der Waals surface area (Å²) in [6.07, 6.45) is 2.70. The Morgan fingerprint density at radius 2 is 1.85 bits per heavy atom. The smallest absolute Gasteiger partial charge is 0.409 e. The molecule has 76 valence electrons. The molecule has 1 aliphatic rings. The molecule has 13 heavy (non-hydrogen) atoms. The number of phosphoric acid groups is 2. The van der Waals surface area contributed by atoms with Crippen molar-refractivity contribution >= 4 is 15.6 Å². The highest BCUT2D eigenvalue weighted by Crippen LogP contribution is 2.59. The lowest BCUT2D eigenvalue weighted by molar-refractivity contribution is 0.201. The fourth-order valence-electron chi connectivity index (χ4n) is 0.644. The summed E-state index contributed by atoms with van der Waals surface area (Å²) >= 11 is 0. The van der Waals surface area contributed by atoms with Crippen molar-refractivity contribution in [3.05, 3.63) is 11.8 Å². The summed E-state index contributed by atoms with van der Waals surface area (Å²) in [6, 6.07) is 0. The fraction of sp³-hybridized carbons (Fsp3) is 0.500. The summed E-state index contributed by atoms with van der Waals surface area (Å²) in [4.78, 5) is 25.2. The molecule has 0 bridgehead atoms. The summed E-state index contributed by atoms with van der Waals surface area (Å²) in [7, 11) is -9.66. The van der Waals surface area contributed by atoms with Gasteiger partial charge in [0.2, 0.25) is 0 Å². The minimum absolute atomic E-state index is 0.208. The Morgan fingerprint density at radius 1 is 1.31 bits per heavy atom. The zero-order valence-corrected chi connectivity index (χ0v) is 8.15. The van der Waals surface area contributed by atoms with E-state index in [-0.39, 0.29) is 5.76 Å². The molecular weight excluding hydrogens is 222 g/mol. The molecule has 7 nitrogen and oxygen atoms in total. The van der Waals surface area contributed by atoms with E-state index in [1.54, 1.807) is 0 Å². The van der Waals surface area contributed by atoms with E-state index in [1.807, 2.05) is 0 Å². The standard InChI is InChI=1S/C4H8O7P2/c5-12(6,7)11-13(8,9)10-4-2-1-3-4/h2H,1,3H2,(H,8,9)(H2,5,6,7). The van der Waals surface area contributed by atoms with E-state index in [0.717, 1.165) is 0 Å². The summed E-state index contributed by atoms with van der Waals surface area (Å²) in [5.74, 6) is 0.208. The lowest BCUT2D eigenvalue weighted by Crippen LogP contribution is -1.99. The second-order valence-corrected chi connectivity index (χ2v) is 5.10. The van der Waals surface area contributed by atoms with Crippen LogP contribution in [0.5, 0.6) is 0 Å². The first kappa shape index (κ1) is 10.9. The predicted molar refractivity (Wildman–Crippen MR) is 41.4 cm³/mol. The minimum Gasteiger partial charge on any atom is -0.409 e. The average molecular weight is 230 g/mol. The Bertz CT molecular complexity index is 314. The van der Waals surface area contributed by atoms with Crippen molar-refractivity contribution in [1.82, 2.24) is 0 Å². The molecule has 3 N–H and O–H groups in total. The Morgan fingerprint density at radius 3 is 2.15 bits per heavy atom. The van der Waals surface area contributed by atoms with Crippen LogP contribution < -0.4 is 0 Å². The lowest BCUT2D eigenvalue weighted by atomic mass is 10.1. The van der Waals surface area contributed by atoms with Gasteiger partial charge in [0.1, 0.15) is 5.76 Å². The molecule has 0 saturated heterocycles. The van der Waals surface area contributed by atoms with Crippen LogP contribution in [-0.4, -0.2) is 14.7 Å². The monoisotopic (exact) mass is 230 g/mol. The summed E-state index contributed by atoms with van der Waals surface area (Å²) in [6.45, 7) is 0. The number of phosphoric ester groups is 1. The molecule has 9 heteroatoms. The van der Waals surface area contributed by atoms with E-state index in [0.29, 0.717) is 12.8 Å². The quantitative estimate of drug-likeness (QED) is 0.614. The van der Waals surface area contributed by atoms with Gasteiger partial charge in [0.15, 0.2) is 0 Å². The molecule has 0 amide bonds. The SMILES string of the molecule is O=P(O)(O)OP(=O)(O)OC1=CCC1. The maximum Gasteiger partial charge on any atom is 0.536 e. The van der Waals surface area contributed by atoms with Crippen LogP contribution in [0.15, 0.2) is 11.8 Å². The number of hydrogen-bond donors (Lipinski definition) is 3. The van der Waals surface area contributed by atoms with Crippen molar-refractivity contribution in [2.24, 2.45) is 0 Å². The minimum atomic E-state index is -5.00. The molecule has 0 fully saturated rings. The molecule has 1 atom stereocenters. The number of hydrogen-bond acceptors (Lipinski definition) is 4. The second kappa shape index (κ2) is 3.53. The number of rotatable bonds is 4. The van der Waals surface area contributed by atoms with Gasteiger partial charge in [0.25, 0.3) is 0 Å². The van der Waals surface area contributed by atoms with Crippen molar-refractivity contribution < 1.29 is 32.6 Å². The van der Waals surface area contributed by atoms with Crippen LogP contribution in [0.25, 0.3) is 0 Å². The molecule has 0 aromatic carbocycles. The van der Waals surface area contributed by atoms with Crippen molar-refractivity contribution in [1.29, 1.82) is 0 Å². The van der Waals surface area contributed by atoms with Gasteiger partial charge >= 0.3 is 15.6 Å². The van der Waals surface area contributed by atoms with Crippen LogP contribution >= 0.6 is 15.6 Å². The Hall–Kier alpha value is -0.160. The van der Waals surface area contributed by atoms with Gasteiger partial charge in [-0.3, -0.25) is 4.89 Å². The van der Waals surface area contributed by atoms with Gasteiger partial charge in [-0.2, -0.15) is 4.31 Å². The molecule has 0 aromatic rings. The molecule has 0 spiro atoms. The van der Waals surface area contributed by atoms with Gasteiger partial charge in [0.05, 0.1) is 0 Å². The third-order valence-electron chi connectivity index (χ3n) is 1.20. The van der Waals surface area contributed by atoms with Gasteiger partial charge in [-0.1, -0.05) is 0 Å². The van der Waals surface area contributed by atoms with E-state index in [4.69, 9.17) is 14.7 Å². The van der Waals surface area contributed by atoms with Crippen LogP contribution in [-0.2, 0) is 18.0 Å². The molecule has 0 saturated carbocycles. The molecule has 0 heterocycles. The lowest BCUT2D eigenvalue weighted by Gasteiger charge is -2.18. The van der Waals surface area contributed by atoms with Crippen LogP contribution in [0.3, 0.4) is 0 Å². The third-order valence-corrected chi connectivity index (χ3v) is 3.35. The van der Waals surface area contributed by atoms with E-state index in [1.165, 1.54) is 6.08 Å². The third kappa shape index (κ3) is 4.04. The second-order valence-electron chi connectivity index (χ2n) is 2.34. The highest BCUT2D eigenvalue weighted by atomic mass is 31.3. The molecule has 0 aromatic heterocycles. The first-order valence-corrected chi connectivity index (χ1v) is 6.29. The maximum atomic E-state index is 10.8. The average Bonchev–Trinajstić information content (AvgIpc) is 1.73. The van der Waals surface area contributed by atoms with Crippen LogP contribution in [0.1, 0.15) is 12.8 Å². The van der Waals surface area contributed by atoms with Crippen molar-refractivity contribution in [2.75, 3.05) is 0 Å². The van der Waals surface area contributed by atoms with Gasteiger partial charge < -0.3 is 14.3 Å². The van der Waals surface area contributed by atoms with Gasteiger partial charge in [-0.25, -0.2) is 9.13 Å². The van der Waals surface area contributed by atoms with Crippen molar-refractivity contribution in [3.63, 3.8) is 0 Å². The Kier molecular flexibility index (Phi) is 2.97. The first-order valence-electron chi connectivity index (χ1n) is 3.27. The van der Waals surface area contributed by atoms with E-state index >= 15 is 0 Å². The van der Waals surface area contributed by atoms with Gasteiger partial charge in [-0.05, 0) is 12.5 Å². The van der Waals surface area contributed by atoms with E-state index in [2.05, 4.69) is 8.83 Å². The van der Waals surface area contributed by atoms with E-state index in [9.17, 15) is 9.13 Å². The van der Waals surface area contributed by atoms with Crippen molar-refractivity contribution in [2.45, 2.75) is 12.8 Å². The number of allylic oxidation sites excluding steroid dienone is 2. The maximum absolute atomic E-state index is 10.8. The molecule has 1 rings (SSSR count). The molecular formula is C4H8O7P2. The van der Waals surface area contributed by atoms with Crippen LogP contribution in [0.4, 0.5) is 0 Å². The Labute approximate surface area is 73.8 Å². The van der Waals surface area contributed by atoms with Gasteiger partial charge in [0, 0.05) is 6.42 Å². The highest BCUT2D eigenvalue weighted by molar-refractivity contribution is 7.60. The summed E-state index contributed by atoms with van der Waals surface area (Å²) < 4.78 is 28.8. The van der Waals surface area contributed by atoms with Crippen LogP contribution in [0.2, 0.25) is 0 Å². The molecule has 1 aliphatic carbocycles. The molecule has 0 radical (unpaired) electrons. The van der Waals surface area contributed by atoms with Crippen molar-refractivity contribution in [3.8, 4) is 0 Å². The summed E-state index contributed by atoms with van der Waals surface area (Å²) in [5, 5.41) is 0. The zero-order valence-electron chi connectivity index (χ0n) is 6.36. The fourth-order valence-corrected chi connectivity index (χ4v) is 2.32. The first-order chi connectivity index (χ1) is 5.79. The normalized spacial score (nSPS) is 21.3. The Balaban J connectivity index is 2.55. The molecule has 0 aliphatic heterocycles. The van der Waals surface area contributed by atoms with E-state index < -0.39 is 15.6 Å². The van der Waals surface area contributed by atoms with Crippen LogP contribution in [0, 0.1) is 0 Å². The highest BCUT2D eigenvalue weighted by Gasteiger charge is 2.34. The van der Waals surface area contributed by atoms with Gasteiger partial charge in [-0.15, -0.1) is 0 Å². The largest absolute Gasteiger partial charge is 0.536 e. The zero-order chi connectivity index (χ0) is 10.1. The predicted octanol–water partition coefficient (Wildman–Crippen LogP) is 0.890.